The van der Waals surface area contributed by atoms with E-state index >= 15 is 0 Å². The molecule has 1 N–H and O–H groups in total. The standard InChI is InChI=1S/C14H19F2NO.C14H20FNO.C13H17F2NO2/c1-5-14(2,3)13(18)17(4)9-10-7-6-8-11(15)12(10)16;1-5-14(2,3)13(17)16(4)10-11-6-8-12(15)9-7-11;1-12(2,13(3,14)15)11(17)16(18)9-10-7-5-4-6-8-10/h6-8H,5,9H2,1-4H3;6-9H,5,10H2,1-4H3;4-8,18H,9H2,1-3H3. The van der Waals surface area contributed by atoms with E-state index in [9.17, 15) is 41.5 Å². The highest BCUT2D eigenvalue weighted by molar-refractivity contribution is 5.82. The monoisotopic (exact) mass is 749 g/mol. The lowest BCUT2D eigenvalue weighted by molar-refractivity contribution is -0.196. The molecule has 0 saturated heterocycles. The van der Waals surface area contributed by atoms with E-state index in [-0.39, 0.29) is 41.7 Å². The van der Waals surface area contributed by atoms with Crippen LogP contribution in [-0.2, 0) is 34.0 Å². The summed E-state index contributed by atoms with van der Waals surface area (Å²) in [4.78, 5) is 39.2. The molecule has 0 fully saturated rings. The van der Waals surface area contributed by atoms with E-state index in [0.29, 0.717) is 30.5 Å². The Morgan fingerprint density at radius 1 is 0.604 bits per heavy atom. The van der Waals surface area contributed by atoms with Crippen LogP contribution in [-0.4, -0.2) is 57.8 Å². The topological polar surface area (TPSA) is 81.2 Å². The summed E-state index contributed by atoms with van der Waals surface area (Å²) < 4.78 is 65.9. The maximum Gasteiger partial charge on any atom is 0.259 e. The van der Waals surface area contributed by atoms with Gasteiger partial charge in [-0.3, -0.25) is 19.6 Å². The zero-order valence-electron chi connectivity index (χ0n) is 32.9. The number of hydrogen-bond acceptors (Lipinski definition) is 4. The Morgan fingerprint density at radius 2 is 1.06 bits per heavy atom. The second-order valence-corrected chi connectivity index (χ2v) is 15.0. The number of hydroxylamine groups is 2. The summed E-state index contributed by atoms with van der Waals surface area (Å²) in [5.41, 5.74) is -0.973. The van der Waals surface area contributed by atoms with E-state index in [1.807, 2.05) is 41.5 Å². The molecule has 3 aromatic carbocycles. The predicted octanol–water partition coefficient (Wildman–Crippen LogP) is 9.67. The second kappa shape index (κ2) is 19.7. The van der Waals surface area contributed by atoms with Gasteiger partial charge in [0.2, 0.25) is 11.8 Å². The lowest BCUT2D eigenvalue weighted by atomic mass is 9.85. The fourth-order valence-corrected chi connectivity index (χ4v) is 4.61. The van der Waals surface area contributed by atoms with Crippen molar-refractivity contribution in [2.45, 2.75) is 101 Å². The SMILES string of the molecule is CC(F)(F)C(C)(C)C(=O)N(O)Cc1ccccc1.CCC(C)(C)C(=O)N(C)Cc1ccc(F)cc1.CCC(C)(C)C(=O)N(C)Cc1cccc(F)c1F. The van der Waals surface area contributed by atoms with E-state index in [1.54, 1.807) is 61.5 Å². The molecule has 12 heteroatoms. The number of halogens is 5. The van der Waals surface area contributed by atoms with Crippen LogP contribution < -0.4 is 0 Å². The third-order valence-corrected chi connectivity index (χ3v) is 9.43. The molecule has 0 heterocycles. The maximum atomic E-state index is 13.5. The summed E-state index contributed by atoms with van der Waals surface area (Å²) in [5, 5.41) is 9.96. The first-order chi connectivity index (χ1) is 24.3. The van der Waals surface area contributed by atoms with Gasteiger partial charge in [-0.15, -0.1) is 0 Å². The van der Waals surface area contributed by atoms with Crippen molar-refractivity contribution in [2.75, 3.05) is 14.1 Å². The first-order valence-corrected chi connectivity index (χ1v) is 17.4. The van der Waals surface area contributed by atoms with Gasteiger partial charge < -0.3 is 9.80 Å². The van der Waals surface area contributed by atoms with Gasteiger partial charge in [0.1, 0.15) is 11.2 Å². The molecule has 0 aromatic heterocycles. The largest absolute Gasteiger partial charge is 0.341 e. The Morgan fingerprint density at radius 3 is 1.51 bits per heavy atom. The minimum absolute atomic E-state index is 0.0753. The van der Waals surface area contributed by atoms with Crippen LogP contribution in [0.2, 0.25) is 0 Å². The summed E-state index contributed by atoms with van der Waals surface area (Å²) >= 11 is 0. The van der Waals surface area contributed by atoms with Crippen molar-refractivity contribution in [3.05, 3.63) is 107 Å². The van der Waals surface area contributed by atoms with Crippen LogP contribution in [0.15, 0.2) is 72.8 Å². The summed E-state index contributed by atoms with van der Waals surface area (Å²) in [6.45, 7) is 14.9. The lowest BCUT2D eigenvalue weighted by Gasteiger charge is -2.32. The summed E-state index contributed by atoms with van der Waals surface area (Å²) in [6, 6.07) is 18.9. The van der Waals surface area contributed by atoms with Crippen molar-refractivity contribution in [3.8, 4) is 0 Å². The van der Waals surface area contributed by atoms with Crippen molar-refractivity contribution in [2.24, 2.45) is 16.2 Å². The van der Waals surface area contributed by atoms with Gasteiger partial charge in [-0.25, -0.2) is 27.0 Å². The van der Waals surface area contributed by atoms with Gasteiger partial charge in [0.15, 0.2) is 11.6 Å². The van der Waals surface area contributed by atoms with Crippen LogP contribution in [0, 0.1) is 33.7 Å². The quantitative estimate of drug-likeness (QED) is 0.114. The summed E-state index contributed by atoms with van der Waals surface area (Å²) in [6.07, 6.45) is 1.50. The average molecular weight is 750 g/mol. The molecule has 3 aromatic rings. The molecule has 0 bridgehead atoms. The lowest BCUT2D eigenvalue weighted by Crippen LogP contribution is -2.47. The minimum Gasteiger partial charge on any atom is -0.341 e. The number of benzene rings is 3. The van der Waals surface area contributed by atoms with Crippen LogP contribution in [0.1, 0.15) is 91.8 Å². The molecule has 0 aliphatic heterocycles. The Hall–Kier alpha value is -4.32. The first kappa shape index (κ1) is 46.7. The highest BCUT2D eigenvalue weighted by Crippen LogP contribution is 2.37. The molecule has 0 aliphatic rings. The molecule has 7 nitrogen and oxygen atoms in total. The van der Waals surface area contributed by atoms with Crippen molar-refractivity contribution in [1.29, 1.82) is 0 Å². The normalized spacial score (nSPS) is 11.7. The Labute approximate surface area is 311 Å². The van der Waals surface area contributed by atoms with E-state index in [2.05, 4.69) is 0 Å². The van der Waals surface area contributed by atoms with Crippen molar-refractivity contribution in [3.63, 3.8) is 0 Å². The summed E-state index contributed by atoms with van der Waals surface area (Å²) in [5.74, 6) is -6.19. The number of amides is 3. The third-order valence-electron chi connectivity index (χ3n) is 9.43. The van der Waals surface area contributed by atoms with Gasteiger partial charge in [0, 0.05) is 50.5 Å². The molecule has 0 spiro atoms. The minimum atomic E-state index is -3.21. The highest BCUT2D eigenvalue weighted by Gasteiger charge is 2.50. The molecule has 3 rings (SSSR count). The van der Waals surface area contributed by atoms with E-state index in [1.165, 1.54) is 29.2 Å². The van der Waals surface area contributed by atoms with Crippen LogP contribution in [0.4, 0.5) is 22.0 Å². The van der Waals surface area contributed by atoms with E-state index in [0.717, 1.165) is 31.9 Å². The fraction of sp³-hybridized carbons (Fsp3) is 0.488. The van der Waals surface area contributed by atoms with Crippen molar-refractivity contribution in [1.82, 2.24) is 14.9 Å². The van der Waals surface area contributed by atoms with Crippen LogP contribution >= 0.6 is 0 Å². The van der Waals surface area contributed by atoms with Gasteiger partial charge in [-0.2, -0.15) is 0 Å². The molecule has 0 unspecified atom stereocenters. The Kier molecular flexibility index (Phi) is 17.3. The zero-order valence-corrected chi connectivity index (χ0v) is 32.9. The molecule has 0 radical (unpaired) electrons. The second-order valence-electron chi connectivity index (χ2n) is 15.0. The number of hydrogen-bond donors (Lipinski definition) is 1. The Bertz CT molecular complexity index is 1620. The van der Waals surface area contributed by atoms with Gasteiger partial charge in [0.25, 0.3) is 11.8 Å². The predicted molar refractivity (Wildman–Crippen MR) is 197 cm³/mol. The van der Waals surface area contributed by atoms with Gasteiger partial charge >= 0.3 is 0 Å². The van der Waals surface area contributed by atoms with Crippen molar-refractivity contribution >= 4 is 17.7 Å². The maximum absolute atomic E-state index is 13.5. The van der Waals surface area contributed by atoms with E-state index < -0.39 is 34.3 Å². The van der Waals surface area contributed by atoms with Crippen LogP contribution in [0.3, 0.4) is 0 Å². The first-order valence-electron chi connectivity index (χ1n) is 17.4. The van der Waals surface area contributed by atoms with Gasteiger partial charge in [0.05, 0.1) is 6.54 Å². The third kappa shape index (κ3) is 13.9. The molecule has 0 atom stereocenters. The molecule has 0 saturated carbocycles. The fourth-order valence-electron chi connectivity index (χ4n) is 4.61. The zero-order chi connectivity index (χ0) is 40.9. The summed E-state index contributed by atoms with van der Waals surface area (Å²) in [7, 11) is 3.38. The number of alkyl halides is 2. The molecule has 294 valence electrons. The molecular weight excluding hydrogens is 693 g/mol. The van der Waals surface area contributed by atoms with Crippen LogP contribution in [0.25, 0.3) is 0 Å². The van der Waals surface area contributed by atoms with Crippen molar-refractivity contribution < 1.29 is 41.5 Å². The van der Waals surface area contributed by atoms with Gasteiger partial charge in [-0.1, -0.05) is 96.1 Å². The van der Waals surface area contributed by atoms with E-state index in [4.69, 9.17) is 0 Å². The molecule has 0 aliphatic carbocycles. The van der Waals surface area contributed by atoms with Gasteiger partial charge in [-0.05, 0) is 56.0 Å². The molecule has 3 amide bonds. The molecule has 53 heavy (non-hydrogen) atoms. The smallest absolute Gasteiger partial charge is 0.259 e. The Balaban J connectivity index is 0.000000398. The van der Waals surface area contributed by atoms with Crippen LogP contribution in [0.5, 0.6) is 0 Å². The number of rotatable bonds is 12. The average Bonchev–Trinajstić information content (AvgIpc) is 3.10. The molecular formula is C41H56F5N3O4. The number of carbonyl (C=O) groups excluding carboxylic acids is 3. The number of carbonyl (C=O) groups is 3. The highest BCUT2D eigenvalue weighted by atomic mass is 19.3. The number of nitrogens with zero attached hydrogens (tertiary/aromatic N) is 3.